The molecule has 1 amide bonds. The van der Waals surface area contributed by atoms with Crippen molar-refractivity contribution in [2.24, 2.45) is 0 Å². The Morgan fingerprint density at radius 3 is 2.08 bits per heavy atom. The largest absolute Gasteiger partial charge is 0.487 e. The van der Waals surface area contributed by atoms with Gasteiger partial charge in [-0.15, -0.1) is 0 Å². The van der Waals surface area contributed by atoms with Crippen LogP contribution in [-0.2, 0) is 24.4 Å². The van der Waals surface area contributed by atoms with Crippen molar-refractivity contribution in [3.63, 3.8) is 0 Å². The Kier molecular flexibility index (Phi) is 7.17. The minimum atomic E-state index is -0.353. The van der Waals surface area contributed by atoms with Gasteiger partial charge in [0, 0.05) is 11.1 Å². The van der Waals surface area contributed by atoms with Crippen molar-refractivity contribution in [1.82, 2.24) is 4.98 Å². The Balaban J connectivity index is 1.32. The number of carbonyl (C=O) groups is 1. The number of nitrogens with zero attached hydrogens (tertiary/aromatic N) is 2. The van der Waals surface area contributed by atoms with Gasteiger partial charge in [-0.1, -0.05) is 48.5 Å². The quantitative estimate of drug-likeness (QED) is 0.236. The van der Waals surface area contributed by atoms with Crippen LogP contribution in [0.3, 0.4) is 0 Å². The third-order valence-corrected chi connectivity index (χ3v) is 6.01. The molecule has 0 aliphatic carbocycles. The molecule has 0 aliphatic rings. The van der Waals surface area contributed by atoms with Gasteiger partial charge in [-0.05, 0) is 71.8 Å². The van der Waals surface area contributed by atoms with Gasteiger partial charge in [0.2, 0.25) is 5.91 Å². The lowest BCUT2D eigenvalue weighted by molar-refractivity contribution is -0.118. The van der Waals surface area contributed by atoms with E-state index >= 15 is 0 Å². The smallest absolute Gasteiger partial charge is 0.231 e. The van der Waals surface area contributed by atoms with Gasteiger partial charge >= 0.3 is 0 Å². The number of aromatic nitrogens is 1. The molecular formula is C31H24F2N2O2. The zero-order valence-electron chi connectivity index (χ0n) is 20.0. The highest BCUT2D eigenvalue weighted by atomic mass is 19.1. The minimum Gasteiger partial charge on any atom is -0.487 e. The number of amides is 1. The maximum atomic E-state index is 13.4. The van der Waals surface area contributed by atoms with E-state index < -0.39 is 0 Å². The second kappa shape index (κ2) is 11.0. The van der Waals surface area contributed by atoms with Crippen molar-refractivity contribution >= 4 is 22.5 Å². The summed E-state index contributed by atoms with van der Waals surface area (Å²) in [5.41, 5.74) is 3.90. The first-order valence-electron chi connectivity index (χ1n) is 11.9. The molecule has 37 heavy (non-hydrogen) atoms. The number of rotatable bonds is 8. The van der Waals surface area contributed by atoms with Crippen LogP contribution in [-0.4, -0.2) is 10.9 Å². The Hall–Kier alpha value is -4.58. The monoisotopic (exact) mass is 494 g/mol. The van der Waals surface area contributed by atoms with Crippen LogP contribution >= 0.6 is 0 Å². The van der Waals surface area contributed by atoms with Gasteiger partial charge in [0.15, 0.2) is 0 Å². The van der Waals surface area contributed by atoms with Crippen LogP contribution in [0.25, 0.3) is 10.9 Å². The normalized spacial score (nSPS) is 10.9. The molecule has 0 saturated heterocycles. The van der Waals surface area contributed by atoms with Crippen LogP contribution in [0.5, 0.6) is 5.75 Å². The summed E-state index contributed by atoms with van der Waals surface area (Å²) >= 11 is 0. The summed E-state index contributed by atoms with van der Waals surface area (Å²) in [5.74, 6) is -0.208. The SMILES string of the molecule is O=C(Cc1ccc(F)cc1)N(Cc1ccc(F)cc1)c1ccc(OCc2ccc3ccccc3n2)cc1. The van der Waals surface area contributed by atoms with Crippen molar-refractivity contribution < 1.29 is 18.3 Å². The summed E-state index contributed by atoms with van der Waals surface area (Å²) in [6, 6.07) is 31.0. The lowest BCUT2D eigenvalue weighted by Gasteiger charge is -2.23. The van der Waals surface area contributed by atoms with E-state index in [4.69, 9.17) is 4.74 Å². The summed E-state index contributed by atoms with van der Waals surface area (Å²) in [5, 5.41) is 1.07. The van der Waals surface area contributed by atoms with E-state index in [1.807, 2.05) is 48.5 Å². The van der Waals surface area contributed by atoms with E-state index in [-0.39, 0.29) is 30.5 Å². The van der Waals surface area contributed by atoms with E-state index in [2.05, 4.69) is 4.98 Å². The molecule has 4 aromatic carbocycles. The molecule has 0 unspecified atom stereocenters. The fraction of sp³-hybridized carbons (Fsp3) is 0.0968. The summed E-state index contributed by atoms with van der Waals surface area (Å²) in [7, 11) is 0. The van der Waals surface area contributed by atoms with Crippen molar-refractivity contribution in [3.05, 3.63) is 138 Å². The van der Waals surface area contributed by atoms with Gasteiger partial charge < -0.3 is 9.64 Å². The van der Waals surface area contributed by atoms with E-state index in [9.17, 15) is 13.6 Å². The molecule has 0 saturated carbocycles. The van der Waals surface area contributed by atoms with Crippen molar-refractivity contribution in [2.75, 3.05) is 4.90 Å². The molecule has 6 heteroatoms. The first-order valence-corrected chi connectivity index (χ1v) is 11.9. The molecule has 1 heterocycles. The second-order valence-electron chi connectivity index (χ2n) is 8.69. The van der Waals surface area contributed by atoms with Crippen LogP contribution in [0.15, 0.2) is 109 Å². The van der Waals surface area contributed by atoms with Crippen molar-refractivity contribution in [3.8, 4) is 5.75 Å². The first-order chi connectivity index (χ1) is 18.0. The number of pyridine rings is 1. The number of carbonyl (C=O) groups excluding carboxylic acids is 1. The van der Waals surface area contributed by atoms with Gasteiger partial charge in [0.05, 0.1) is 24.2 Å². The summed E-state index contributed by atoms with van der Waals surface area (Å²) in [4.78, 5) is 19.6. The standard InChI is InChI=1S/C31H24F2N2O2/c32-25-10-5-22(6-11-25)19-31(36)35(20-23-7-12-26(33)13-8-23)28-15-17-29(18-16-28)37-21-27-14-9-24-3-1-2-4-30(24)34-27/h1-18H,19-21H2. The number of fused-ring (bicyclic) bond motifs is 1. The topological polar surface area (TPSA) is 42.4 Å². The van der Waals surface area contributed by atoms with Gasteiger partial charge in [0.25, 0.3) is 0 Å². The van der Waals surface area contributed by atoms with Crippen molar-refractivity contribution in [1.29, 1.82) is 0 Å². The van der Waals surface area contributed by atoms with Gasteiger partial charge in [-0.2, -0.15) is 0 Å². The molecule has 0 fully saturated rings. The zero-order valence-corrected chi connectivity index (χ0v) is 20.0. The minimum absolute atomic E-state index is 0.105. The highest BCUT2D eigenvalue weighted by Gasteiger charge is 2.17. The molecule has 5 aromatic rings. The molecule has 0 N–H and O–H groups in total. The highest BCUT2D eigenvalue weighted by Crippen LogP contribution is 2.24. The predicted molar refractivity (Wildman–Crippen MR) is 140 cm³/mol. The molecule has 4 nitrogen and oxygen atoms in total. The van der Waals surface area contributed by atoms with Gasteiger partial charge in [-0.3, -0.25) is 4.79 Å². The van der Waals surface area contributed by atoms with Crippen LogP contribution in [0, 0.1) is 11.6 Å². The molecule has 0 spiro atoms. The predicted octanol–water partition coefficient (Wildman–Crippen LogP) is 6.87. The molecule has 0 atom stereocenters. The third kappa shape index (κ3) is 6.16. The van der Waals surface area contributed by atoms with E-state index in [0.717, 1.165) is 22.2 Å². The summed E-state index contributed by atoms with van der Waals surface area (Å²) < 4.78 is 32.6. The van der Waals surface area contributed by atoms with Crippen LogP contribution in [0.2, 0.25) is 0 Å². The summed E-state index contributed by atoms with van der Waals surface area (Å²) in [6.07, 6.45) is 0.105. The molecule has 0 radical (unpaired) electrons. The fourth-order valence-corrected chi connectivity index (χ4v) is 4.04. The Morgan fingerprint density at radius 2 is 1.38 bits per heavy atom. The number of ether oxygens (including phenoxy) is 1. The third-order valence-electron chi connectivity index (χ3n) is 6.01. The molecule has 5 rings (SSSR count). The number of benzene rings is 4. The van der Waals surface area contributed by atoms with Crippen LogP contribution < -0.4 is 9.64 Å². The lowest BCUT2D eigenvalue weighted by atomic mass is 10.1. The van der Waals surface area contributed by atoms with E-state index in [1.165, 1.54) is 24.3 Å². The van der Waals surface area contributed by atoms with Gasteiger partial charge in [-0.25, -0.2) is 13.8 Å². The van der Waals surface area contributed by atoms with Crippen LogP contribution in [0.4, 0.5) is 14.5 Å². The maximum Gasteiger partial charge on any atom is 0.231 e. The Morgan fingerprint density at radius 1 is 0.730 bits per heavy atom. The summed E-state index contributed by atoms with van der Waals surface area (Å²) in [6.45, 7) is 0.578. The lowest BCUT2D eigenvalue weighted by Crippen LogP contribution is -2.31. The fourth-order valence-electron chi connectivity index (χ4n) is 4.04. The number of hydrogen-bond donors (Lipinski definition) is 0. The molecular weight excluding hydrogens is 470 g/mol. The molecule has 184 valence electrons. The number of halogens is 2. The molecule has 1 aromatic heterocycles. The average Bonchev–Trinajstić information content (AvgIpc) is 2.93. The average molecular weight is 495 g/mol. The number of anilines is 1. The van der Waals surface area contributed by atoms with E-state index in [1.54, 1.807) is 41.3 Å². The van der Waals surface area contributed by atoms with Crippen LogP contribution in [0.1, 0.15) is 16.8 Å². The van der Waals surface area contributed by atoms with E-state index in [0.29, 0.717) is 23.6 Å². The molecule has 0 aliphatic heterocycles. The van der Waals surface area contributed by atoms with Crippen molar-refractivity contribution in [2.45, 2.75) is 19.6 Å². The number of para-hydroxylation sites is 1. The zero-order chi connectivity index (χ0) is 25.6. The molecule has 0 bridgehead atoms. The highest BCUT2D eigenvalue weighted by molar-refractivity contribution is 5.94. The number of hydrogen-bond acceptors (Lipinski definition) is 3. The maximum absolute atomic E-state index is 13.4. The second-order valence-corrected chi connectivity index (χ2v) is 8.69. The first kappa shape index (κ1) is 24.1. The van der Waals surface area contributed by atoms with Gasteiger partial charge in [0.1, 0.15) is 24.0 Å². The Labute approximate surface area is 213 Å². The Bertz CT molecular complexity index is 1500.